The van der Waals surface area contributed by atoms with E-state index in [4.69, 9.17) is 5.21 Å². The third-order valence-corrected chi connectivity index (χ3v) is 3.83. The van der Waals surface area contributed by atoms with Crippen LogP contribution in [0.25, 0.3) is 0 Å². The molecular weight excluding hydrogens is 240 g/mol. The molecule has 0 radical (unpaired) electrons. The van der Waals surface area contributed by atoms with Gasteiger partial charge in [0.25, 0.3) is 5.91 Å². The van der Waals surface area contributed by atoms with Gasteiger partial charge < -0.3 is 10.1 Å². The number of aryl methyl sites for hydroxylation is 1. The van der Waals surface area contributed by atoms with E-state index in [1.165, 1.54) is 0 Å². The van der Waals surface area contributed by atoms with Crippen LogP contribution in [0, 0.1) is 12.8 Å². The normalized spacial score (nSPS) is 21.7. The first-order chi connectivity index (χ1) is 9.17. The van der Waals surface area contributed by atoms with Crippen LogP contribution in [-0.4, -0.2) is 34.8 Å². The van der Waals surface area contributed by atoms with Gasteiger partial charge in [-0.05, 0) is 25.0 Å². The molecule has 4 heteroatoms. The van der Waals surface area contributed by atoms with Crippen molar-refractivity contribution < 1.29 is 10.0 Å². The number of benzene rings is 1. The molecule has 1 atom stereocenters. The summed E-state index contributed by atoms with van der Waals surface area (Å²) in [5.41, 5.74) is 2.58. The van der Waals surface area contributed by atoms with Crippen molar-refractivity contribution in [3.05, 3.63) is 35.4 Å². The fourth-order valence-electron chi connectivity index (χ4n) is 2.58. The van der Waals surface area contributed by atoms with Gasteiger partial charge in [-0.3, -0.25) is 4.79 Å². The van der Waals surface area contributed by atoms with Gasteiger partial charge in [0.1, 0.15) is 0 Å². The van der Waals surface area contributed by atoms with Crippen LogP contribution in [0.5, 0.6) is 0 Å². The van der Waals surface area contributed by atoms with E-state index in [0.717, 1.165) is 23.3 Å². The topological polar surface area (TPSA) is 52.9 Å². The van der Waals surface area contributed by atoms with Crippen molar-refractivity contribution in [1.29, 1.82) is 0 Å². The quantitative estimate of drug-likeness (QED) is 0.656. The van der Waals surface area contributed by atoms with E-state index in [9.17, 15) is 4.79 Å². The Labute approximate surface area is 113 Å². The third kappa shape index (κ3) is 2.78. The van der Waals surface area contributed by atoms with Gasteiger partial charge in [-0.25, -0.2) is 0 Å². The average molecular weight is 260 g/mol. The van der Waals surface area contributed by atoms with Gasteiger partial charge in [0.05, 0.1) is 5.71 Å². The Morgan fingerprint density at radius 2 is 2.21 bits per heavy atom. The lowest BCUT2D eigenvalue weighted by Crippen LogP contribution is -2.44. The zero-order chi connectivity index (χ0) is 13.8. The highest BCUT2D eigenvalue weighted by molar-refractivity contribution is 5.97. The van der Waals surface area contributed by atoms with Crippen molar-refractivity contribution in [1.82, 2.24) is 4.90 Å². The lowest BCUT2D eigenvalue weighted by atomic mass is 9.92. The van der Waals surface area contributed by atoms with E-state index in [-0.39, 0.29) is 11.8 Å². The van der Waals surface area contributed by atoms with Crippen LogP contribution in [-0.2, 0) is 0 Å². The molecule has 1 fully saturated rings. The first kappa shape index (κ1) is 13.6. The second-order valence-electron chi connectivity index (χ2n) is 5.01. The van der Waals surface area contributed by atoms with Crippen LogP contribution in [0.4, 0.5) is 0 Å². The highest BCUT2D eigenvalue weighted by Crippen LogP contribution is 2.20. The second kappa shape index (κ2) is 5.87. The molecule has 1 aliphatic rings. The van der Waals surface area contributed by atoms with Gasteiger partial charge >= 0.3 is 0 Å². The number of nitrogens with zero attached hydrogens (tertiary/aromatic N) is 2. The summed E-state index contributed by atoms with van der Waals surface area (Å²) in [6.45, 7) is 5.28. The van der Waals surface area contributed by atoms with E-state index in [2.05, 4.69) is 12.1 Å². The standard InChI is InChI=1S/C15H20N2O2/c1-3-12-10-17(9-8-14(12)16-19)15(18)13-7-5-4-6-11(13)2/h4-7,12,19H,3,8-10H2,1-2H3/b16-14+. The van der Waals surface area contributed by atoms with Crippen molar-refractivity contribution in [2.24, 2.45) is 11.1 Å². The molecule has 0 bridgehead atoms. The maximum Gasteiger partial charge on any atom is 0.254 e. The minimum Gasteiger partial charge on any atom is -0.411 e. The summed E-state index contributed by atoms with van der Waals surface area (Å²) >= 11 is 0. The summed E-state index contributed by atoms with van der Waals surface area (Å²) in [4.78, 5) is 14.4. The maximum atomic E-state index is 12.5. The van der Waals surface area contributed by atoms with Crippen molar-refractivity contribution >= 4 is 11.6 Å². The Morgan fingerprint density at radius 3 is 2.84 bits per heavy atom. The molecule has 0 aromatic heterocycles. The molecule has 1 unspecified atom stereocenters. The molecule has 1 N–H and O–H groups in total. The molecule has 0 aliphatic carbocycles. The summed E-state index contributed by atoms with van der Waals surface area (Å²) in [6, 6.07) is 7.65. The lowest BCUT2D eigenvalue weighted by Gasteiger charge is -2.33. The predicted octanol–water partition coefficient (Wildman–Crippen LogP) is 2.70. The second-order valence-corrected chi connectivity index (χ2v) is 5.01. The lowest BCUT2D eigenvalue weighted by molar-refractivity contribution is 0.0728. The first-order valence-corrected chi connectivity index (χ1v) is 6.73. The minimum atomic E-state index is 0.0774. The van der Waals surface area contributed by atoms with Crippen LogP contribution < -0.4 is 0 Å². The Hall–Kier alpha value is -1.84. The van der Waals surface area contributed by atoms with E-state index in [1.54, 1.807) is 0 Å². The minimum absolute atomic E-state index is 0.0774. The average Bonchev–Trinajstić information content (AvgIpc) is 2.46. The predicted molar refractivity (Wildman–Crippen MR) is 74.7 cm³/mol. The number of hydrogen-bond donors (Lipinski definition) is 1. The number of rotatable bonds is 2. The number of likely N-dealkylation sites (tertiary alicyclic amines) is 1. The van der Waals surface area contributed by atoms with Gasteiger partial charge in [0.15, 0.2) is 0 Å². The first-order valence-electron chi connectivity index (χ1n) is 6.73. The molecule has 1 heterocycles. The summed E-state index contributed by atoms with van der Waals surface area (Å²) < 4.78 is 0. The van der Waals surface area contributed by atoms with Crippen LogP contribution in [0.2, 0.25) is 0 Å². The maximum absolute atomic E-state index is 12.5. The molecule has 1 amide bonds. The zero-order valence-electron chi connectivity index (χ0n) is 11.5. The van der Waals surface area contributed by atoms with Crippen molar-refractivity contribution in [3.63, 3.8) is 0 Å². The van der Waals surface area contributed by atoms with E-state index in [0.29, 0.717) is 19.5 Å². The number of piperidine rings is 1. The van der Waals surface area contributed by atoms with Crippen LogP contribution in [0.3, 0.4) is 0 Å². The number of hydrogen-bond acceptors (Lipinski definition) is 3. The van der Waals surface area contributed by atoms with E-state index in [1.807, 2.05) is 36.1 Å². The SMILES string of the molecule is CCC1CN(C(=O)c2ccccc2C)CC/C1=N\O. The fraction of sp³-hybridized carbons (Fsp3) is 0.467. The van der Waals surface area contributed by atoms with Crippen LogP contribution in [0.15, 0.2) is 29.4 Å². The van der Waals surface area contributed by atoms with Crippen LogP contribution >= 0.6 is 0 Å². The Kier molecular flexibility index (Phi) is 4.20. The molecule has 1 aliphatic heterocycles. The highest BCUT2D eigenvalue weighted by atomic mass is 16.4. The van der Waals surface area contributed by atoms with E-state index < -0.39 is 0 Å². The molecule has 102 valence electrons. The number of carbonyl (C=O) groups is 1. The Bertz CT molecular complexity index is 497. The largest absolute Gasteiger partial charge is 0.411 e. The molecule has 0 spiro atoms. The van der Waals surface area contributed by atoms with Crippen LogP contribution in [0.1, 0.15) is 35.7 Å². The van der Waals surface area contributed by atoms with Gasteiger partial charge in [-0.15, -0.1) is 0 Å². The van der Waals surface area contributed by atoms with Gasteiger partial charge in [-0.1, -0.05) is 30.3 Å². The van der Waals surface area contributed by atoms with Gasteiger partial charge in [0, 0.05) is 31.0 Å². The summed E-state index contributed by atoms with van der Waals surface area (Å²) in [5, 5.41) is 12.3. The fourth-order valence-corrected chi connectivity index (χ4v) is 2.58. The highest BCUT2D eigenvalue weighted by Gasteiger charge is 2.28. The molecular formula is C15H20N2O2. The molecule has 1 aromatic carbocycles. The summed E-state index contributed by atoms with van der Waals surface area (Å²) in [5.74, 6) is 0.250. The van der Waals surface area contributed by atoms with Crippen molar-refractivity contribution in [2.45, 2.75) is 26.7 Å². The van der Waals surface area contributed by atoms with Gasteiger partial charge in [0.2, 0.25) is 0 Å². The number of carbonyl (C=O) groups excluding carboxylic acids is 1. The zero-order valence-corrected chi connectivity index (χ0v) is 11.5. The van der Waals surface area contributed by atoms with Gasteiger partial charge in [-0.2, -0.15) is 0 Å². The monoisotopic (exact) mass is 260 g/mol. The van der Waals surface area contributed by atoms with Crippen molar-refractivity contribution in [3.8, 4) is 0 Å². The Balaban J connectivity index is 2.16. The summed E-state index contributed by atoms with van der Waals surface area (Å²) in [6.07, 6.45) is 1.55. The molecule has 1 saturated heterocycles. The summed E-state index contributed by atoms with van der Waals surface area (Å²) in [7, 11) is 0. The number of amides is 1. The Morgan fingerprint density at radius 1 is 1.47 bits per heavy atom. The van der Waals surface area contributed by atoms with E-state index >= 15 is 0 Å². The number of oxime groups is 1. The molecule has 2 rings (SSSR count). The smallest absolute Gasteiger partial charge is 0.254 e. The molecule has 4 nitrogen and oxygen atoms in total. The third-order valence-electron chi connectivity index (χ3n) is 3.83. The molecule has 1 aromatic rings. The van der Waals surface area contributed by atoms with Crippen molar-refractivity contribution in [2.75, 3.05) is 13.1 Å². The molecule has 19 heavy (non-hydrogen) atoms. The molecule has 0 saturated carbocycles.